The lowest BCUT2D eigenvalue weighted by molar-refractivity contribution is -0.461. The van der Waals surface area contributed by atoms with Gasteiger partial charge in [0.25, 0.3) is 0 Å². The van der Waals surface area contributed by atoms with Gasteiger partial charge in [0, 0.05) is 19.6 Å². The maximum atomic E-state index is 13.4. The molecule has 18 heteroatoms. The first-order chi connectivity index (χ1) is 13.3. The highest BCUT2D eigenvalue weighted by Gasteiger charge is 2.95. The van der Waals surface area contributed by atoms with Crippen LogP contribution < -0.4 is 0 Å². The zero-order valence-electron chi connectivity index (χ0n) is 14.7. The van der Waals surface area contributed by atoms with Crippen molar-refractivity contribution in [1.29, 1.82) is 0 Å². The van der Waals surface area contributed by atoms with Crippen molar-refractivity contribution in [3.63, 3.8) is 0 Å². The van der Waals surface area contributed by atoms with Crippen LogP contribution in [0.25, 0.3) is 0 Å². The molecule has 0 amide bonds. The number of hydrogen-bond acceptors (Lipinski definition) is 1. The largest absolute Gasteiger partial charge is 0.460 e. The molecule has 31 heavy (non-hydrogen) atoms. The molecule has 0 rings (SSSR count). The standard InChI is InChI=1S/C13H11F17O/c1-2-31-5-3-4-6(14,15)7(16,17)8(18,19)9(20,21)10(22,23)11(24,25)12(26,27)13(28,29)30/h2-5H2,1H3. The van der Waals surface area contributed by atoms with Crippen LogP contribution in [0.5, 0.6) is 0 Å². The number of alkyl halides is 17. The van der Waals surface area contributed by atoms with Gasteiger partial charge in [-0.1, -0.05) is 0 Å². The van der Waals surface area contributed by atoms with Crippen LogP contribution in [0.3, 0.4) is 0 Å². The minimum Gasteiger partial charge on any atom is -0.382 e. The normalized spacial score (nSPS) is 16.1. The van der Waals surface area contributed by atoms with E-state index in [1.54, 1.807) is 0 Å². The molecule has 0 heterocycles. The highest BCUT2D eigenvalue weighted by atomic mass is 19.4. The highest BCUT2D eigenvalue weighted by molar-refractivity contribution is 5.15. The molecule has 0 saturated heterocycles. The Morgan fingerprint density at radius 1 is 0.484 bits per heavy atom. The topological polar surface area (TPSA) is 9.23 Å². The number of hydrogen-bond donors (Lipinski definition) is 0. The maximum Gasteiger partial charge on any atom is 0.460 e. The van der Waals surface area contributed by atoms with E-state index in [0.29, 0.717) is 0 Å². The Hall–Kier alpha value is -1.23. The van der Waals surface area contributed by atoms with E-state index >= 15 is 0 Å². The minimum absolute atomic E-state index is 0.231. The molecule has 1 nitrogen and oxygen atoms in total. The quantitative estimate of drug-likeness (QED) is 0.221. The minimum atomic E-state index is -8.59. The van der Waals surface area contributed by atoms with Crippen molar-refractivity contribution in [2.24, 2.45) is 0 Å². The third-order valence-corrected chi connectivity index (χ3v) is 3.77. The van der Waals surface area contributed by atoms with Crippen LogP contribution in [-0.4, -0.2) is 60.8 Å². The van der Waals surface area contributed by atoms with Crippen molar-refractivity contribution >= 4 is 0 Å². The van der Waals surface area contributed by atoms with E-state index in [-0.39, 0.29) is 6.61 Å². The van der Waals surface area contributed by atoms with Gasteiger partial charge >= 0.3 is 47.6 Å². The van der Waals surface area contributed by atoms with Crippen molar-refractivity contribution in [2.75, 3.05) is 13.2 Å². The molecule has 188 valence electrons. The second kappa shape index (κ2) is 8.28. The van der Waals surface area contributed by atoms with Crippen LogP contribution in [0, 0.1) is 0 Å². The van der Waals surface area contributed by atoms with Crippen molar-refractivity contribution in [1.82, 2.24) is 0 Å². The van der Waals surface area contributed by atoms with Crippen LogP contribution >= 0.6 is 0 Å². The second-order valence-corrected chi connectivity index (χ2v) is 5.95. The maximum absolute atomic E-state index is 13.4. The molecular weight excluding hydrogens is 495 g/mol. The van der Waals surface area contributed by atoms with Gasteiger partial charge in [-0.15, -0.1) is 0 Å². The summed E-state index contributed by atoms with van der Waals surface area (Å²) >= 11 is 0. The van der Waals surface area contributed by atoms with Gasteiger partial charge in [-0.25, -0.2) is 0 Å². The summed E-state index contributed by atoms with van der Waals surface area (Å²) in [4.78, 5) is 0. The molecule has 0 radical (unpaired) electrons. The monoisotopic (exact) mass is 506 g/mol. The Labute approximate surface area is 161 Å². The van der Waals surface area contributed by atoms with Gasteiger partial charge in [0.15, 0.2) is 0 Å². The number of halogens is 17. The number of ether oxygens (including phenoxy) is 1. The average molecular weight is 506 g/mol. The summed E-state index contributed by atoms with van der Waals surface area (Å²) in [5, 5.41) is 0. The highest BCUT2D eigenvalue weighted by Crippen LogP contribution is 2.64. The van der Waals surface area contributed by atoms with Crippen molar-refractivity contribution in [3.8, 4) is 0 Å². The summed E-state index contributed by atoms with van der Waals surface area (Å²) < 4.78 is 225. The van der Waals surface area contributed by atoms with E-state index in [9.17, 15) is 74.6 Å². The Balaban J connectivity index is 6.37. The predicted octanol–water partition coefficient (Wildman–Crippen LogP) is 6.81. The predicted molar refractivity (Wildman–Crippen MR) is 66.4 cm³/mol. The van der Waals surface area contributed by atoms with E-state index in [2.05, 4.69) is 4.74 Å². The Morgan fingerprint density at radius 3 is 1.13 bits per heavy atom. The summed E-state index contributed by atoms with van der Waals surface area (Å²) in [6, 6.07) is 0. The van der Waals surface area contributed by atoms with Crippen LogP contribution in [-0.2, 0) is 4.74 Å². The Morgan fingerprint density at radius 2 is 0.806 bits per heavy atom. The van der Waals surface area contributed by atoms with Gasteiger partial charge in [0.05, 0.1) is 0 Å². The van der Waals surface area contributed by atoms with E-state index in [4.69, 9.17) is 0 Å². The van der Waals surface area contributed by atoms with Gasteiger partial charge < -0.3 is 4.74 Å². The molecule has 0 atom stereocenters. The molecule has 0 bridgehead atoms. The molecule has 0 aromatic rings. The first-order valence-corrected chi connectivity index (χ1v) is 7.60. The van der Waals surface area contributed by atoms with Gasteiger partial charge in [0.2, 0.25) is 0 Å². The lowest BCUT2D eigenvalue weighted by Gasteiger charge is -2.42. The third kappa shape index (κ3) is 4.36. The summed E-state index contributed by atoms with van der Waals surface area (Å²) in [5.41, 5.74) is 0. The van der Waals surface area contributed by atoms with E-state index in [1.165, 1.54) is 6.92 Å². The molecule has 0 saturated carbocycles. The molecule has 0 unspecified atom stereocenters. The van der Waals surface area contributed by atoms with Gasteiger partial charge in [-0.05, 0) is 13.3 Å². The SMILES string of the molecule is CCOCCCC(F)(F)C(F)(F)C(F)(F)C(F)(F)C(F)(F)C(F)(F)C(F)(F)C(F)(F)F. The first-order valence-electron chi connectivity index (χ1n) is 7.60. The molecule has 0 aliphatic heterocycles. The fourth-order valence-corrected chi connectivity index (χ4v) is 1.89. The van der Waals surface area contributed by atoms with Crippen LogP contribution in [0.15, 0.2) is 0 Å². The third-order valence-electron chi connectivity index (χ3n) is 3.77. The molecular formula is C13H11F17O. The van der Waals surface area contributed by atoms with Crippen molar-refractivity contribution in [3.05, 3.63) is 0 Å². The van der Waals surface area contributed by atoms with Crippen molar-refractivity contribution < 1.29 is 79.4 Å². The average Bonchev–Trinajstić information content (AvgIpc) is 2.56. The van der Waals surface area contributed by atoms with Gasteiger partial charge in [0.1, 0.15) is 0 Å². The molecule has 0 N–H and O–H groups in total. The van der Waals surface area contributed by atoms with Crippen molar-refractivity contribution in [2.45, 2.75) is 67.4 Å². The molecule has 0 spiro atoms. The summed E-state index contributed by atoms with van der Waals surface area (Å²) in [6.45, 7) is 0.140. The summed E-state index contributed by atoms with van der Waals surface area (Å²) in [7, 11) is 0. The lowest BCUT2D eigenvalue weighted by Crippen LogP contribution is -2.74. The summed E-state index contributed by atoms with van der Waals surface area (Å²) in [5.74, 6) is -55.9. The second-order valence-electron chi connectivity index (χ2n) is 5.95. The zero-order chi connectivity index (χ0) is 25.5. The fraction of sp³-hybridized carbons (Fsp3) is 1.00. The molecule has 0 aliphatic carbocycles. The molecule has 0 aromatic heterocycles. The van der Waals surface area contributed by atoms with E-state index in [1.807, 2.05) is 0 Å². The van der Waals surface area contributed by atoms with Crippen LogP contribution in [0.1, 0.15) is 19.8 Å². The fourth-order valence-electron chi connectivity index (χ4n) is 1.89. The van der Waals surface area contributed by atoms with Crippen LogP contribution in [0.4, 0.5) is 74.6 Å². The van der Waals surface area contributed by atoms with E-state index < -0.39 is 67.1 Å². The smallest absolute Gasteiger partial charge is 0.382 e. The van der Waals surface area contributed by atoms with Gasteiger partial charge in [-0.3, -0.25) is 0 Å². The Bertz CT molecular complexity index is 606. The summed E-state index contributed by atoms with van der Waals surface area (Å²) in [6.07, 6.45) is -11.5. The molecule has 0 fully saturated rings. The van der Waals surface area contributed by atoms with Gasteiger partial charge in [-0.2, -0.15) is 74.6 Å². The van der Waals surface area contributed by atoms with Crippen LogP contribution in [0.2, 0.25) is 0 Å². The number of rotatable bonds is 11. The zero-order valence-corrected chi connectivity index (χ0v) is 14.7. The first kappa shape index (κ1) is 29.8. The molecule has 0 aliphatic rings. The Kier molecular flexibility index (Phi) is 7.95. The molecule has 0 aromatic carbocycles. The van der Waals surface area contributed by atoms with E-state index in [0.717, 1.165) is 0 Å². The lowest BCUT2D eigenvalue weighted by atomic mass is 9.88.